The van der Waals surface area contributed by atoms with E-state index in [2.05, 4.69) is 16.4 Å². The summed E-state index contributed by atoms with van der Waals surface area (Å²) in [7, 11) is 0. The van der Waals surface area contributed by atoms with Gasteiger partial charge in [-0.1, -0.05) is 6.07 Å². The van der Waals surface area contributed by atoms with Crippen molar-refractivity contribution in [1.29, 1.82) is 0 Å². The molecule has 1 aromatic heterocycles. The number of pyridine rings is 1. The molecule has 1 aromatic rings. The summed E-state index contributed by atoms with van der Waals surface area (Å²) >= 11 is 1.84. The Kier molecular flexibility index (Phi) is 3.22. The lowest BCUT2D eigenvalue weighted by Gasteiger charge is -2.07. The minimum absolute atomic E-state index is 0.701. The van der Waals surface area contributed by atoms with Crippen LogP contribution in [0.1, 0.15) is 12.8 Å². The predicted octanol–water partition coefficient (Wildman–Crippen LogP) is 1.93. The number of nitrogens with zero attached hydrogens (tertiary/aromatic N) is 1. The first-order chi connectivity index (χ1) is 6.45. The van der Waals surface area contributed by atoms with Crippen LogP contribution in [-0.2, 0) is 0 Å². The van der Waals surface area contributed by atoms with Gasteiger partial charge in [-0.3, -0.25) is 0 Å². The highest BCUT2D eigenvalue weighted by Gasteiger charge is 2.13. The van der Waals surface area contributed by atoms with Crippen LogP contribution < -0.4 is 5.32 Å². The van der Waals surface area contributed by atoms with Gasteiger partial charge in [0.05, 0.1) is 5.03 Å². The second-order valence-electron chi connectivity index (χ2n) is 3.27. The number of nitrogens with one attached hydrogen (secondary N) is 1. The summed E-state index contributed by atoms with van der Waals surface area (Å²) in [5.74, 6) is 1.15. The zero-order chi connectivity index (χ0) is 8.93. The molecule has 2 heterocycles. The Morgan fingerprint density at radius 1 is 1.54 bits per heavy atom. The van der Waals surface area contributed by atoms with Gasteiger partial charge in [-0.05, 0) is 31.5 Å². The first kappa shape index (κ1) is 9.03. The minimum Gasteiger partial charge on any atom is -0.313 e. The van der Waals surface area contributed by atoms with Gasteiger partial charge < -0.3 is 5.32 Å². The first-order valence-electron chi connectivity index (χ1n) is 4.72. The number of thioether (sulfide) groups is 1. The molecule has 1 saturated heterocycles. The largest absolute Gasteiger partial charge is 0.313 e. The van der Waals surface area contributed by atoms with Gasteiger partial charge in [0.25, 0.3) is 0 Å². The van der Waals surface area contributed by atoms with Gasteiger partial charge in [-0.15, -0.1) is 11.8 Å². The molecular weight excluding hydrogens is 180 g/mol. The third-order valence-corrected chi connectivity index (χ3v) is 3.34. The summed E-state index contributed by atoms with van der Waals surface area (Å²) in [6, 6.07) is 6.77. The van der Waals surface area contributed by atoms with Crippen LogP contribution in [0.25, 0.3) is 0 Å². The van der Waals surface area contributed by atoms with E-state index in [9.17, 15) is 0 Å². The third-order valence-electron chi connectivity index (χ3n) is 2.23. The molecule has 0 bridgehead atoms. The van der Waals surface area contributed by atoms with E-state index in [4.69, 9.17) is 0 Å². The molecule has 1 atom stereocenters. The van der Waals surface area contributed by atoms with E-state index in [1.165, 1.54) is 19.4 Å². The van der Waals surface area contributed by atoms with E-state index in [0.717, 1.165) is 10.8 Å². The molecule has 13 heavy (non-hydrogen) atoms. The van der Waals surface area contributed by atoms with E-state index in [-0.39, 0.29) is 0 Å². The maximum Gasteiger partial charge on any atom is 0.0960 e. The van der Waals surface area contributed by atoms with Crippen LogP contribution in [0.3, 0.4) is 0 Å². The van der Waals surface area contributed by atoms with Crippen molar-refractivity contribution in [2.24, 2.45) is 0 Å². The van der Waals surface area contributed by atoms with Crippen molar-refractivity contribution < 1.29 is 0 Å². The van der Waals surface area contributed by atoms with Crippen molar-refractivity contribution in [2.75, 3.05) is 12.3 Å². The molecule has 0 aliphatic carbocycles. The van der Waals surface area contributed by atoms with Crippen molar-refractivity contribution in [3.05, 3.63) is 24.4 Å². The van der Waals surface area contributed by atoms with Gasteiger partial charge in [0, 0.05) is 18.0 Å². The Balaban J connectivity index is 1.79. The Morgan fingerprint density at radius 3 is 3.23 bits per heavy atom. The van der Waals surface area contributed by atoms with Gasteiger partial charge in [0.15, 0.2) is 0 Å². The van der Waals surface area contributed by atoms with Gasteiger partial charge >= 0.3 is 0 Å². The van der Waals surface area contributed by atoms with E-state index < -0.39 is 0 Å². The molecule has 2 rings (SSSR count). The van der Waals surface area contributed by atoms with E-state index in [1.54, 1.807) is 0 Å². The SMILES string of the molecule is c1ccc(SC[C@H]2CCCN2)nc1. The van der Waals surface area contributed by atoms with Gasteiger partial charge in [0.2, 0.25) is 0 Å². The van der Waals surface area contributed by atoms with Crippen LogP contribution in [0.5, 0.6) is 0 Å². The average molecular weight is 194 g/mol. The van der Waals surface area contributed by atoms with Crippen molar-refractivity contribution in [2.45, 2.75) is 23.9 Å². The Bertz CT molecular complexity index is 244. The fraction of sp³-hybridized carbons (Fsp3) is 0.500. The second kappa shape index (κ2) is 4.63. The normalized spacial score (nSPS) is 22.0. The lowest BCUT2D eigenvalue weighted by molar-refractivity contribution is 0.673. The highest BCUT2D eigenvalue weighted by Crippen LogP contribution is 2.18. The molecule has 1 fully saturated rings. The molecule has 1 aliphatic rings. The lowest BCUT2D eigenvalue weighted by atomic mass is 10.3. The zero-order valence-electron chi connectivity index (χ0n) is 7.57. The van der Waals surface area contributed by atoms with E-state index in [1.807, 2.05) is 30.1 Å². The molecular formula is C10H14N2S. The molecule has 0 amide bonds. The topological polar surface area (TPSA) is 24.9 Å². The third kappa shape index (κ3) is 2.71. The van der Waals surface area contributed by atoms with Crippen LogP contribution in [-0.4, -0.2) is 23.3 Å². The Hall–Kier alpha value is -0.540. The molecule has 0 aromatic carbocycles. The van der Waals surface area contributed by atoms with Crippen LogP contribution in [0.15, 0.2) is 29.4 Å². The summed E-state index contributed by atoms with van der Waals surface area (Å²) in [6.07, 6.45) is 4.50. The maximum atomic E-state index is 4.27. The molecule has 0 unspecified atom stereocenters. The highest BCUT2D eigenvalue weighted by molar-refractivity contribution is 7.99. The predicted molar refractivity (Wildman–Crippen MR) is 56.0 cm³/mol. The molecule has 1 aliphatic heterocycles. The van der Waals surface area contributed by atoms with E-state index >= 15 is 0 Å². The van der Waals surface area contributed by atoms with Crippen molar-refractivity contribution >= 4 is 11.8 Å². The molecule has 1 N–H and O–H groups in total. The summed E-state index contributed by atoms with van der Waals surface area (Å²) < 4.78 is 0. The van der Waals surface area contributed by atoms with Gasteiger partial charge in [-0.2, -0.15) is 0 Å². The molecule has 70 valence electrons. The average Bonchev–Trinajstić information content (AvgIpc) is 2.69. The van der Waals surface area contributed by atoms with Crippen molar-refractivity contribution in [3.8, 4) is 0 Å². The zero-order valence-corrected chi connectivity index (χ0v) is 8.39. The van der Waals surface area contributed by atoms with Crippen molar-refractivity contribution in [1.82, 2.24) is 10.3 Å². The Morgan fingerprint density at radius 2 is 2.54 bits per heavy atom. The molecule has 2 nitrogen and oxygen atoms in total. The number of aromatic nitrogens is 1. The van der Waals surface area contributed by atoms with E-state index in [0.29, 0.717) is 6.04 Å². The summed E-state index contributed by atoms with van der Waals surface area (Å²) in [5.41, 5.74) is 0. The first-order valence-corrected chi connectivity index (χ1v) is 5.71. The fourth-order valence-electron chi connectivity index (χ4n) is 1.52. The molecule has 0 spiro atoms. The van der Waals surface area contributed by atoms with Crippen LogP contribution in [0.4, 0.5) is 0 Å². The highest BCUT2D eigenvalue weighted by atomic mass is 32.2. The molecule has 0 radical (unpaired) electrons. The van der Waals surface area contributed by atoms with Crippen LogP contribution >= 0.6 is 11.8 Å². The minimum atomic E-state index is 0.701. The monoisotopic (exact) mass is 194 g/mol. The van der Waals surface area contributed by atoms with Crippen molar-refractivity contribution in [3.63, 3.8) is 0 Å². The molecule has 0 saturated carbocycles. The van der Waals surface area contributed by atoms with Gasteiger partial charge in [0.1, 0.15) is 0 Å². The second-order valence-corrected chi connectivity index (χ2v) is 4.31. The summed E-state index contributed by atoms with van der Waals surface area (Å²) in [5, 5.41) is 4.61. The molecule has 3 heteroatoms. The standard InChI is InChI=1S/C10H14N2S/c1-2-6-12-10(5-1)13-8-9-4-3-7-11-9/h1-2,5-6,9,11H,3-4,7-8H2/t9-/m1/s1. The van der Waals surface area contributed by atoms with Crippen LogP contribution in [0, 0.1) is 0 Å². The number of hydrogen-bond donors (Lipinski definition) is 1. The Labute approximate surface area is 83.1 Å². The quantitative estimate of drug-likeness (QED) is 0.744. The smallest absolute Gasteiger partial charge is 0.0960 e. The van der Waals surface area contributed by atoms with Gasteiger partial charge in [-0.25, -0.2) is 4.98 Å². The summed E-state index contributed by atoms with van der Waals surface area (Å²) in [6.45, 7) is 1.19. The maximum absolute atomic E-state index is 4.27. The number of hydrogen-bond acceptors (Lipinski definition) is 3. The summed E-state index contributed by atoms with van der Waals surface area (Å²) in [4.78, 5) is 4.27. The fourth-order valence-corrected chi connectivity index (χ4v) is 2.48. The lowest BCUT2D eigenvalue weighted by Crippen LogP contribution is -2.23. The van der Waals surface area contributed by atoms with Crippen LogP contribution in [0.2, 0.25) is 0 Å². The number of rotatable bonds is 3.